The highest BCUT2D eigenvalue weighted by molar-refractivity contribution is 9.10. The van der Waals surface area contributed by atoms with E-state index in [4.69, 9.17) is 16.3 Å². The number of amides is 1. The maximum atomic E-state index is 12.8. The van der Waals surface area contributed by atoms with E-state index in [1.165, 1.54) is 0 Å². The van der Waals surface area contributed by atoms with Gasteiger partial charge in [0.25, 0.3) is 0 Å². The molecule has 1 aliphatic heterocycles. The van der Waals surface area contributed by atoms with Crippen molar-refractivity contribution in [2.24, 2.45) is 0 Å². The van der Waals surface area contributed by atoms with Crippen molar-refractivity contribution in [2.45, 2.75) is 32.0 Å². The van der Waals surface area contributed by atoms with Gasteiger partial charge in [-0.15, -0.1) is 0 Å². The zero-order valence-corrected chi connectivity index (χ0v) is 18.1. The Morgan fingerprint density at radius 1 is 1.14 bits per heavy atom. The van der Waals surface area contributed by atoms with Gasteiger partial charge in [-0.2, -0.15) is 0 Å². The first-order chi connectivity index (χ1) is 14.1. The molecule has 2 aromatic carbocycles. The average Bonchev–Trinajstić information content (AvgIpc) is 3.36. The number of aromatic nitrogens is 2. The van der Waals surface area contributed by atoms with Crippen LogP contribution >= 0.6 is 27.5 Å². The van der Waals surface area contributed by atoms with Gasteiger partial charge in [0.1, 0.15) is 17.0 Å². The number of carbonyl (C=O) groups is 1. The molecule has 1 saturated heterocycles. The van der Waals surface area contributed by atoms with Crippen molar-refractivity contribution in [2.75, 3.05) is 6.54 Å². The molecule has 0 N–H and O–H groups in total. The first-order valence-electron chi connectivity index (χ1n) is 9.54. The smallest absolute Gasteiger partial charge is 0.410 e. The molecule has 7 heteroatoms. The van der Waals surface area contributed by atoms with Crippen LogP contribution in [-0.4, -0.2) is 27.1 Å². The number of halogens is 2. The van der Waals surface area contributed by atoms with Crippen molar-refractivity contribution >= 4 is 33.6 Å². The van der Waals surface area contributed by atoms with Gasteiger partial charge in [-0.3, -0.25) is 4.90 Å². The van der Waals surface area contributed by atoms with E-state index in [-0.39, 0.29) is 18.7 Å². The van der Waals surface area contributed by atoms with E-state index in [0.717, 1.165) is 34.4 Å². The van der Waals surface area contributed by atoms with Gasteiger partial charge < -0.3 is 9.30 Å². The van der Waals surface area contributed by atoms with E-state index in [1.807, 2.05) is 54.6 Å². The SMILES string of the molecule is O=C(OCc1ccccc1)N1CCC[C@@H]1c1ncc(Br)n1Cc1ccc(Cl)cc1. The van der Waals surface area contributed by atoms with Crippen molar-refractivity contribution in [3.8, 4) is 0 Å². The molecule has 0 aliphatic carbocycles. The van der Waals surface area contributed by atoms with Crippen LogP contribution in [0.5, 0.6) is 0 Å². The summed E-state index contributed by atoms with van der Waals surface area (Å²) in [5.41, 5.74) is 2.09. The van der Waals surface area contributed by atoms with Crippen molar-refractivity contribution in [1.29, 1.82) is 0 Å². The highest BCUT2D eigenvalue weighted by Gasteiger charge is 2.34. The largest absolute Gasteiger partial charge is 0.445 e. The summed E-state index contributed by atoms with van der Waals surface area (Å²) < 4.78 is 8.54. The third kappa shape index (κ3) is 4.65. The second-order valence-corrected chi connectivity index (χ2v) is 8.29. The van der Waals surface area contributed by atoms with Gasteiger partial charge in [-0.1, -0.05) is 54.1 Å². The highest BCUT2D eigenvalue weighted by Crippen LogP contribution is 2.33. The van der Waals surface area contributed by atoms with Gasteiger partial charge in [0.05, 0.1) is 12.2 Å². The summed E-state index contributed by atoms with van der Waals surface area (Å²) in [7, 11) is 0. The Hall–Kier alpha value is -2.31. The Bertz CT molecular complexity index is 975. The number of hydrogen-bond acceptors (Lipinski definition) is 3. The molecule has 5 nitrogen and oxygen atoms in total. The van der Waals surface area contributed by atoms with Gasteiger partial charge in [0.15, 0.2) is 0 Å². The molecule has 1 aliphatic rings. The maximum absolute atomic E-state index is 12.8. The second kappa shape index (κ2) is 9.01. The molecule has 4 rings (SSSR count). The normalized spacial score (nSPS) is 16.2. The average molecular weight is 475 g/mol. The molecule has 2 heterocycles. The van der Waals surface area contributed by atoms with Crippen LogP contribution < -0.4 is 0 Å². The number of benzene rings is 2. The van der Waals surface area contributed by atoms with E-state index in [9.17, 15) is 4.79 Å². The van der Waals surface area contributed by atoms with Gasteiger partial charge >= 0.3 is 6.09 Å². The molecule has 29 heavy (non-hydrogen) atoms. The Morgan fingerprint density at radius 2 is 1.90 bits per heavy atom. The molecule has 0 saturated carbocycles. The lowest BCUT2D eigenvalue weighted by Gasteiger charge is -2.24. The predicted octanol–water partition coefficient (Wildman–Crippen LogP) is 5.82. The van der Waals surface area contributed by atoms with Crippen LogP contribution in [0.3, 0.4) is 0 Å². The lowest BCUT2D eigenvalue weighted by molar-refractivity contribution is 0.0903. The fourth-order valence-corrected chi connectivity index (χ4v) is 4.15. The van der Waals surface area contributed by atoms with Gasteiger partial charge in [-0.05, 0) is 52.0 Å². The topological polar surface area (TPSA) is 47.4 Å². The van der Waals surface area contributed by atoms with E-state index in [1.54, 1.807) is 11.1 Å². The summed E-state index contributed by atoms with van der Waals surface area (Å²) in [4.78, 5) is 19.1. The van der Waals surface area contributed by atoms with Crippen LogP contribution in [0, 0.1) is 0 Å². The van der Waals surface area contributed by atoms with E-state index < -0.39 is 0 Å². The molecule has 1 aromatic heterocycles. The van der Waals surface area contributed by atoms with Crippen molar-refractivity contribution < 1.29 is 9.53 Å². The van der Waals surface area contributed by atoms with Crippen molar-refractivity contribution in [3.63, 3.8) is 0 Å². The fourth-order valence-electron chi connectivity index (χ4n) is 3.62. The first kappa shape index (κ1) is 20.0. The van der Waals surface area contributed by atoms with Gasteiger partial charge in [0, 0.05) is 18.1 Å². The number of likely N-dealkylation sites (tertiary alicyclic amines) is 1. The Kier molecular flexibility index (Phi) is 6.21. The molecule has 1 fully saturated rings. The summed E-state index contributed by atoms with van der Waals surface area (Å²) in [6.07, 6.45) is 3.28. The number of nitrogens with zero attached hydrogens (tertiary/aromatic N) is 3. The zero-order valence-electron chi connectivity index (χ0n) is 15.8. The maximum Gasteiger partial charge on any atom is 0.410 e. The molecule has 0 spiro atoms. The van der Waals surface area contributed by atoms with Crippen LogP contribution in [0.15, 0.2) is 65.4 Å². The van der Waals surface area contributed by atoms with E-state index in [2.05, 4.69) is 25.5 Å². The highest BCUT2D eigenvalue weighted by atomic mass is 79.9. The van der Waals surface area contributed by atoms with Crippen molar-refractivity contribution in [3.05, 3.63) is 87.4 Å². The predicted molar refractivity (Wildman–Crippen MR) is 116 cm³/mol. The third-order valence-corrected chi connectivity index (χ3v) is 5.97. The molecule has 1 amide bonds. The van der Waals surface area contributed by atoms with Crippen LogP contribution in [0.1, 0.15) is 35.8 Å². The first-order valence-corrected chi connectivity index (χ1v) is 10.7. The summed E-state index contributed by atoms with van der Waals surface area (Å²) in [6.45, 7) is 1.59. The van der Waals surface area contributed by atoms with E-state index >= 15 is 0 Å². The molecule has 0 bridgehead atoms. The fraction of sp³-hybridized carbons (Fsp3) is 0.273. The lowest BCUT2D eigenvalue weighted by Crippen LogP contribution is -2.32. The number of carbonyl (C=O) groups excluding carboxylic acids is 1. The number of hydrogen-bond donors (Lipinski definition) is 0. The standard InChI is InChI=1S/C22H21BrClN3O2/c23-20-13-25-21(27(20)14-16-8-10-18(24)11-9-16)19-7-4-12-26(19)22(28)29-15-17-5-2-1-3-6-17/h1-3,5-6,8-11,13,19H,4,7,12,14-15H2/t19-/m1/s1. The zero-order chi connectivity index (χ0) is 20.2. The molecule has 1 atom stereocenters. The lowest BCUT2D eigenvalue weighted by atomic mass is 10.2. The monoisotopic (exact) mass is 473 g/mol. The molecular formula is C22H21BrClN3O2. The Labute approximate surface area is 183 Å². The molecule has 150 valence electrons. The van der Waals surface area contributed by atoms with Crippen molar-refractivity contribution in [1.82, 2.24) is 14.5 Å². The van der Waals surface area contributed by atoms with Crippen LogP contribution in [0.2, 0.25) is 5.02 Å². The van der Waals surface area contributed by atoms with Gasteiger partial charge in [-0.25, -0.2) is 9.78 Å². The summed E-state index contributed by atoms with van der Waals surface area (Å²) >= 11 is 9.60. The number of imidazole rings is 1. The molecule has 0 unspecified atom stereocenters. The summed E-state index contributed by atoms with van der Waals surface area (Å²) in [5, 5.41) is 0.710. The molecule has 0 radical (unpaired) electrons. The third-order valence-electron chi connectivity index (χ3n) is 5.08. The minimum atomic E-state index is -0.298. The quantitative estimate of drug-likeness (QED) is 0.468. The summed E-state index contributed by atoms with van der Waals surface area (Å²) in [5.74, 6) is 0.862. The number of rotatable bonds is 5. The Balaban J connectivity index is 1.50. The minimum absolute atomic E-state index is 0.100. The minimum Gasteiger partial charge on any atom is -0.445 e. The molecule has 3 aromatic rings. The van der Waals surface area contributed by atoms with E-state index in [0.29, 0.717) is 18.1 Å². The van der Waals surface area contributed by atoms with Crippen LogP contribution in [-0.2, 0) is 17.9 Å². The summed E-state index contributed by atoms with van der Waals surface area (Å²) in [6, 6.07) is 17.4. The Morgan fingerprint density at radius 3 is 2.66 bits per heavy atom. The van der Waals surface area contributed by atoms with Crippen LogP contribution in [0.25, 0.3) is 0 Å². The molecular weight excluding hydrogens is 454 g/mol. The number of ether oxygens (including phenoxy) is 1. The van der Waals surface area contributed by atoms with Crippen LogP contribution in [0.4, 0.5) is 4.79 Å². The second-order valence-electron chi connectivity index (χ2n) is 7.04. The van der Waals surface area contributed by atoms with Gasteiger partial charge in [0.2, 0.25) is 0 Å².